The minimum atomic E-state index is -1.20. The Bertz CT molecular complexity index is 1270. The maximum atomic E-state index is 14.4. The Labute approximate surface area is 234 Å². The van der Waals surface area contributed by atoms with Crippen LogP contribution in [0.1, 0.15) is 45.6 Å². The number of halogens is 1. The Kier molecular flexibility index (Phi) is 7.24. The Balaban J connectivity index is 1.58. The van der Waals surface area contributed by atoms with E-state index in [4.69, 9.17) is 16.3 Å². The van der Waals surface area contributed by atoms with E-state index in [9.17, 15) is 19.5 Å². The van der Waals surface area contributed by atoms with E-state index in [1.165, 1.54) is 4.90 Å². The number of fused-ring (bicyclic) bond motifs is 1. The summed E-state index contributed by atoms with van der Waals surface area (Å²) in [6.07, 6.45) is 1.67. The largest absolute Gasteiger partial charge is 0.394 e. The van der Waals surface area contributed by atoms with E-state index in [2.05, 4.69) is 10.6 Å². The summed E-state index contributed by atoms with van der Waals surface area (Å²) in [7, 11) is 0. The summed E-state index contributed by atoms with van der Waals surface area (Å²) in [5.74, 6) is -2.82. The molecule has 2 bridgehead atoms. The number of ether oxygens (including phenoxy) is 1. The summed E-state index contributed by atoms with van der Waals surface area (Å²) in [5.41, 5.74) is -0.232. The summed E-state index contributed by atoms with van der Waals surface area (Å²) in [6.45, 7) is 7.33. The lowest BCUT2D eigenvalue weighted by molar-refractivity contribution is -0.148. The van der Waals surface area contributed by atoms with Gasteiger partial charge < -0.3 is 25.4 Å². The van der Waals surface area contributed by atoms with Crippen molar-refractivity contribution in [1.29, 1.82) is 0 Å². The summed E-state index contributed by atoms with van der Waals surface area (Å²) in [6, 6.07) is 12.8. The van der Waals surface area contributed by atoms with Gasteiger partial charge in [0.25, 0.3) is 0 Å². The zero-order valence-corrected chi connectivity index (χ0v) is 23.5. The number of hydrogen-bond donors (Lipinski definition) is 3. The van der Waals surface area contributed by atoms with Crippen molar-refractivity contribution < 1.29 is 24.2 Å². The minimum absolute atomic E-state index is 0.0871. The third-order valence-electron chi connectivity index (χ3n) is 9.10. The fourth-order valence-electron chi connectivity index (χ4n) is 6.96. The van der Waals surface area contributed by atoms with E-state index in [0.717, 1.165) is 5.56 Å². The number of nitrogens with one attached hydrogen (secondary N) is 2. The number of aliphatic hydroxyl groups is 1. The van der Waals surface area contributed by atoms with Crippen molar-refractivity contribution in [3.8, 4) is 0 Å². The molecule has 5 rings (SSSR count). The Morgan fingerprint density at radius 2 is 1.85 bits per heavy atom. The number of benzene rings is 2. The molecule has 3 amide bonds. The average molecular weight is 554 g/mol. The number of nitrogens with zero attached hydrogens (tertiary/aromatic N) is 1. The zero-order chi connectivity index (χ0) is 28.1. The second kappa shape index (κ2) is 10.2. The highest BCUT2D eigenvalue weighted by Gasteiger charge is 2.78. The van der Waals surface area contributed by atoms with Crippen molar-refractivity contribution in [2.24, 2.45) is 17.8 Å². The molecule has 2 unspecified atom stereocenters. The predicted octanol–water partition coefficient (Wildman–Crippen LogP) is 4.40. The van der Waals surface area contributed by atoms with Gasteiger partial charge in [0.1, 0.15) is 11.6 Å². The molecule has 2 aromatic rings. The lowest BCUT2D eigenvalue weighted by atomic mass is 9.66. The van der Waals surface area contributed by atoms with Crippen molar-refractivity contribution in [3.05, 3.63) is 59.1 Å². The van der Waals surface area contributed by atoms with Crippen LogP contribution in [0.2, 0.25) is 5.02 Å². The molecular formula is C30H36ClN3O5. The predicted molar refractivity (Wildman–Crippen MR) is 149 cm³/mol. The van der Waals surface area contributed by atoms with Gasteiger partial charge in [-0.1, -0.05) is 62.2 Å². The van der Waals surface area contributed by atoms with Crippen LogP contribution in [0.25, 0.3) is 0 Å². The summed E-state index contributed by atoms with van der Waals surface area (Å²) >= 11 is 6.44. The summed E-state index contributed by atoms with van der Waals surface area (Å²) in [5, 5.41) is 16.8. The first-order valence-corrected chi connectivity index (χ1v) is 14.0. The Morgan fingerprint density at radius 3 is 2.49 bits per heavy atom. The van der Waals surface area contributed by atoms with Crippen LogP contribution in [0.4, 0.5) is 11.4 Å². The summed E-state index contributed by atoms with van der Waals surface area (Å²) in [4.78, 5) is 43.8. The number of amides is 3. The quantitative estimate of drug-likeness (QED) is 0.449. The van der Waals surface area contributed by atoms with Gasteiger partial charge in [0.05, 0.1) is 40.8 Å². The SMILES string of the molecule is CC[C@H](C)[C@H](CO)N1C(=O)[C@@H]2[C@@H](C(=O)Nc3ccccc3)[C@@]3(C)CCC2(O3)C1C(=O)Nc1c(C)cccc1Cl. The van der Waals surface area contributed by atoms with Gasteiger partial charge in [0.15, 0.2) is 0 Å². The van der Waals surface area contributed by atoms with E-state index in [-0.39, 0.29) is 24.3 Å². The molecule has 3 N–H and O–H groups in total. The molecular weight excluding hydrogens is 518 g/mol. The van der Waals surface area contributed by atoms with E-state index in [0.29, 0.717) is 35.7 Å². The van der Waals surface area contributed by atoms with Gasteiger partial charge >= 0.3 is 0 Å². The normalized spacial score (nSPS) is 30.7. The van der Waals surface area contributed by atoms with Crippen LogP contribution in [-0.4, -0.2) is 57.6 Å². The molecule has 1 spiro atoms. The number of carbonyl (C=O) groups is 3. The number of para-hydroxylation sites is 2. The number of rotatable bonds is 8. The van der Waals surface area contributed by atoms with Gasteiger partial charge in [-0.3, -0.25) is 14.4 Å². The van der Waals surface area contributed by atoms with Crippen molar-refractivity contribution in [3.63, 3.8) is 0 Å². The van der Waals surface area contributed by atoms with Crippen molar-refractivity contribution in [2.45, 2.75) is 70.2 Å². The highest BCUT2D eigenvalue weighted by molar-refractivity contribution is 6.34. The second-order valence-corrected chi connectivity index (χ2v) is 11.8. The van der Waals surface area contributed by atoms with Crippen LogP contribution in [0.5, 0.6) is 0 Å². The van der Waals surface area contributed by atoms with Crippen LogP contribution < -0.4 is 10.6 Å². The fraction of sp³-hybridized carbons (Fsp3) is 0.500. The van der Waals surface area contributed by atoms with Crippen LogP contribution in [0, 0.1) is 24.7 Å². The first-order valence-electron chi connectivity index (χ1n) is 13.6. The molecule has 3 aliphatic rings. The van der Waals surface area contributed by atoms with Gasteiger partial charge in [-0.15, -0.1) is 0 Å². The van der Waals surface area contributed by atoms with Crippen molar-refractivity contribution in [2.75, 3.05) is 17.2 Å². The zero-order valence-electron chi connectivity index (χ0n) is 22.7. The molecule has 39 heavy (non-hydrogen) atoms. The highest BCUT2D eigenvalue weighted by Crippen LogP contribution is 2.63. The lowest BCUT2D eigenvalue weighted by Gasteiger charge is -2.39. The molecule has 3 aliphatic heterocycles. The van der Waals surface area contributed by atoms with Gasteiger partial charge in [0, 0.05) is 5.69 Å². The van der Waals surface area contributed by atoms with E-state index >= 15 is 0 Å². The second-order valence-electron chi connectivity index (χ2n) is 11.4. The molecule has 208 valence electrons. The molecule has 9 heteroatoms. The third-order valence-corrected chi connectivity index (χ3v) is 9.42. The first kappa shape index (κ1) is 27.6. The number of aliphatic hydroxyl groups excluding tert-OH is 1. The third kappa shape index (κ3) is 4.33. The maximum Gasteiger partial charge on any atom is 0.250 e. The molecule has 0 saturated carbocycles. The van der Waals surface area contributed by atoms with Gasteiger partial charge in [0.2, 0.25) is 17.7 Å². The molecule has 2 aromatic carbocycles. The van der Waals surface area contributed by atoms with Crippen molar-refractivity contribution in [1.82, 2.24) is 4.90 Å². The Morgan fingerprint density at radius 1 is 1.13 bits per heavy atom. The topological polar surface area (TPSA) is 108 Å². The summed E-state index contributed by atoms with van der Waals surface area (Å²) < 4.78 is 6.68. The lowest BCUT2D eigenvalue weighted by Crippen LogP contribution is -2.57. The monoisotopic (exact) mass is 553 g/mol. The first-order chi connectivity index (χ1) is 18.6. The number of likely N-dealkylation sites (tertiary alicyclic amines) is 1. The molecule has 0 aromatic heterocycles. The molecule has 3 saturated heterocycles. The molecule has 7 atom stereocenters. The van der Waals surface area contributed by atoms with Crippen molar-refractivity contribution >= 4 is 40.7 Å². The van der Waals surface area contributed by atoms with Gasteiger partial charge in [-0.2, -0.15) is 0 Å². The smallest absolute Gasteiger partial charge is 0.250 e. The maximum absolute atomic E-state index is 14.4. The molecule has 0 aliphatic carbocycles. The van der Waals surface area contributed by atoms with E-state index in [1.807, 2.05) is 52.0 Å². The van der Waals surface area contributed by atoms with Gasteiger partial charge in [-0.05, 0) is 56.4 Å². The Hall–Kier alpha value is -2.94. The number of aryl methyl sites for hydroxylation is 1. The average Bonchev–Trinajstić information content (AvgIpc) is 3.48. The molecule has 8 nitrogen and oxygen atoms in total. The van der Waals surface area contributed by atoms with Crippen LogP contribution in [0.15, 0.2) is 48.5 Å². The minimum Gasteiger partial charge on any atom is -0.394 e. The highest BCUT2D eigenvalue weighted by atomic mass is 35.5. The molecule has 3 fully saturated rings. The number of carbonyl (C=O) groups excluding carboxylic acids is 3. The van der Waals surface area contributed by atoms with E-state index in [1.54, 1.807) is 24.3 Å². The van der Waals surface area contributed by atoms with Crippen LogP contribution in [-0.2, 0) is 19.1 Å². The fourth-order valence-corrected chi connectivity index (χ4v) is 7.23. The van der Waals surface area contributed by atoms with Gasteiger partial charge in [-0.25, -0.2) is 0 Å². The molecule has 0 radical (unpaired) electrons. The number of anilines is 2. The van der Waals surface area contributed by atoms with Crippen LogP contribution in [0.3, 0.4) is 0 Å². The van der Waals surface area contributed by atoms with Crippen LogP contribution >= 0.6 is 11.6 Å². The standard InChI is InChI=1S/C30H36ClN3O5/c1-5-17(2)21(16-35)34-25(27(37)33-24-18(3)10-9-13-20(24)31)30-15-14-29(4,39-30)22(23(30)28(34)38)26(36)32-19-11-7-6-8-12-19/h6-13,17,21-23,25,35H,5,14-16H2,1-4H3,(H,32,36)(H,33,37)/t17-,21-,22-,23-,25?,29+,30?/m0/s1. The number of hydrogen-bond acceptors (Lipinski definition) is 5. The van der Waals surface area contributed by atoms with E-state index < -0.39 is 41.0 Å². The molecule has 3 heterocycles.